The Morgan fingerprint density at radius 3 is 2.68 bits per heavy atom. The van der Waals surface area contributed by atoms with E-state index in [2.05, 4.69) is 10.6 Å². The Kier molecular flexibility index (Phi) is 6.05. The lowest BCUT2D eigenvalue weighted by Gasteiger charge is -2.33. The van der Waals surface area contributed by atoms with Crippen LogP contribution in [0, 0.1) is 19.8 Å². The lowest BCUT2D eigenvalue weighted by molar-refractivity contribution is -0.187. The Labute approximate surface area is 144 Å². The number of hydrogen-bond donors (Lipinski definition) is 2. The van der Waals surface area contributed by atoms with Gasteiger partial charge in [-0.25, -0.2) is 4.79 Å². The van der Waals surface area contributed by atoms with E-state index >= 15 is 0 Å². The van der Waals surface area contributed by atoms with Crippen molar-refractivity contribution in [3.05, 3.63) is 29.3 Å². The Balaban J connectivity index is 1.85. The number of aryl methyl sites for hydroxylation is 1. The highest BCUT2D eigenvalue weighted by Gasteiger charge is 2.41. The van der Waals surface area contributed by atoms with Crippen LogP contribution in [0.3, 0.4) is 0 Å². The number of urea groups is 1. The number of carbonyl (C=O) groups excluding carboxylic acids is 2. The van der Waals surface area contributed by atoms with Gasteiger partial charge in [0.25, 0.3) is 0 Å². The number of amides is 3. The normalized spacial score (nSPS) is 18.7. The summed E-state index contributed by atoms with van der Waals surface area (Å²) < 4.78 is 38.4. The number of nitrogens with zero attached hydrogens (tertiary/aromatic N) is 1. The molecule has 1 fully saturated rings. The van der Waals surface area contributed by atoms with E-state index in [1.807, 2.05) is 19.9 Å². The van der Waals surface area contributed by atoms with Crippen LogP contribution in [0.25, 0.3) is 0 Å². The highest BCUT2D eigenvalue weighted by atomic mass is 19.4. The van der Waals surface area contributed by atoms with E-state index in [1.54, 1.807) is 12.1 Å². The average molecular weight is 357 g/mol. The molecule has 2 N–H and O–H groups in total. The van der Waals surface area contributed by atoms with Gasteiger partial charge in [0.2, 0.25) is 5.91 Å². The number of likely N-dealkylation sites (tertiary alicyclic amines) is 1. The molecule has 0 radical (unpaired) electrons. The van der Waals surface area contributed by atoms with Crippen molar-refractivity contribution in [1.29, 1.82) is 0 Å². The van der Waals surface area contributed by atoms with Gasteiger partial charge in [-0.2, -0.15) is 13.2 Å². The number of anilines is 1. The summed E-state index contributed by atoms with van der Waals surface area (Å²) in [4.78, 5) is 25.3. The molecule has 8 heteroatoms. The monoisotopic (exact) mass is 357 g/mol. The summed E-state index contributed by atoms with van der Waals surface area (Å²) in [6, 6.07) is 4.70. The second kappa shape index (κ2) is 7.86. The third-order valence-corrected chi connectivity index (χ3v) is 4.44. The van der Waals surface area contributed by atoms with Crippen LogP contribution in [-0.4, -0.2) is 42.6 Å². The van der Waals surface area contributed by atoms with E-state index in [0.29, 0.717) is 18.7 Å². The molecule has 0 saturated carbocycles. The standard InChI is InChI=1S/C17H22F3N3O2/c1-11-5-3-7-14(12(11)2)21-16(25)22-15(24)10-23-8-4-6-13(9-23)17(18,19)20/h3,5,7,13H,4,6,8-10H2,1-2H3,(H2,21,22,24,25)/t13-/m1/s1. The Hall–Kier alpha value is -2.09. The van der Waals surface area contributed by atoms with Crippen LogP contribution in [-0.2, 0) is 4.79 Å². The SMILES string of the molecule is Cc1cccc(NC(=O)NC(=O)CN2CCC[C@@H](C(F)(F)F)C2)c1C. The molecule has 1 aliphatic rings. The second-order valence-corrected chi connectivity index (χ2v) is 6.37. The second-order valence-electron chi connectivity index (χ2n) is 6.37. The Bertz CT molecular complexity index is 647. The maximum absolute atomic E-state index is 12.8. The van der Waals surface area contributed by atoms with Crippen LogP contribution in [0.2, 0.25) is 0 Å². The van der Waals surface area contributed by atoms with Crippen molar-refractivity contribution < 1.29 is 22.8 Å². The quantitative estimate of drug-likeness (QED) is 0.873. The molecule has 1 heterocycles. The van der Waals surface area contributed by atoms with E-state index in [0.717, 1.165) is 11.1 Å². The predicted octanol–water partition coefficient (Wildman–Crippen LogP) is 3.23. The molecule has 3 amide bonds. The van der Waals surface area contributed by atoms with Crippen molar-refractivity contribution in [2.75, 3.05) is 25.0 Å². The molecule has 0 aliphatic carbocycles. The lowest BCUT2D eigenvalue weighted by atomic mass is 9.97. The number of piperidine rings is 1. The zero-order valence-electron chi connectivity index (χ0n) is 14.2. The fourth-order valence-corrected chi connectivity index (χ4v) is 2.88. The lowest BCUT2D eigenvalue weighted by Crippen LogP contribution is -2.47. The molecule has 1 aromatic rings. The first kappa shape index (κ1) is 19.2. The van der Waals surface area contributed by atoms with Gasteiger partial charge in [-0.15, -0.1) is 0 Å². The van der Waals surface area contributed by atoms with Gasteiger partial charge in [-0.1, -0.05) is 12.1 Å². The minimum Gasteiger partial charge on any atom is -0.307 e. The van der Waals surface area contributed by atoms with Gasteiger partial charge in [0.1, 0.15) is 0 Å². The molecule has 0 unspecified atom stereocenters. The largest absolute Gasteiger partial charge is 0.393 e. The van der Waals surface area contributed by atoms with Gasteiger partial charge in [0.15, 0.2) is 0 Å². The zero-order chi connectivity index (χ0) is 18.6. The molecule has 1 aromatic carbocycles. The number of nitrogens with one attached hydrogen (secondary N) is 2. The van der Waals surface area contributed by atoms with E-state index in [1.165, 1.54) is 4.90 Å². The first-order valence-electron chi connectivity index (χ1n) is 8.13. The first-order valence-corrected chi connectivity index (χ1v) is 8.13. The first-order chi connectivity index (χ1) is 11.7. The van der Waals surface area contributed by atoms with Gasteiger partial charge < -0.3 is 5.32 Å². The molecule has 5 nitrogen and oxygen atoms in total. The summed E-state index contributed by atoms with van der Waals surface area (Å²) in [7, 11) is 0. The molecular formula is C17H22F3N3O2. The fourth-order valence-electron chi connectivity index (χ4n) is 2.88. The van der Waals surface area contributed by atoms with Gasteiger partial charge >= 0.3 is 12.2 Å². The Morgan fingerprint density at radius 2 is 2.00 bits per heavy atom. The van der Waals surface area contributed by atoms with Crippen molar-refractivity contribution in [2.45, 2.75) is 32.9 Å². The predicted molar refractivity (Wildman–Crippen MR) is 88.3 cm³/mol. The van der Waals surface area contributed by atoms with Crippen LogP contribution in [0.15, 0.2) is 18.2 Å². The summed E-state index contributed by atoms with van der Waals surface area (Å²) in [5, 5.41) is 4.75. The summed E-state index contributed by atoms with van der Waals surface area (Å²) in [5.74, 6) is -2.04. The number of alkyl halides is 3. The van der Waals surface area contributed by atoms with Gasteiger partial charge in [0, 0.05) is 12.2 Å². The molecule has 1 saturated heterocycles. The Morgan fingerprint density at radius 1 is 1.28 bits per heavy atom. The number of rotatable bonds is 3. The maximum Gasteiger partial charge on any atom is 0.393 e. The summed E-state index contributed by atoms with van der Waals surface area (Å²) in [6.07, 6.45) is -3.80. The minimum atomic E-state index is -4.25. The van der Waals surface area contributed by atoms with Gasteiger partial charge in [-0.3, -0.25) is 15.0 Å². The maximum atomic E-state index is 12.8. The van der Waals surface area contributed by atoms with Gasteiger partial charge in [-0.05, 0) is 50.4 Å². The molecule has 0 spiro atoms. The highest BCUT2D eigenvalue weighted by Crippen LogP contribution is 2.32. The van der Waals surface area contributed by atoms with Crippen molar-refractivity contribution in [1.82, 2.24) is 10.2 Å². The minimum absolute atomic E-state index is 0.0781. The molecule has 2 rings (SSSR count). The van der Waals surface area contributed by atoms with Crippen LogP contribution >= 0.6 is 0 Å². The van der Waals surface area contributed by atoms with E-state index in [-0.39, 0.29) is 19.5 Å². The summed E-state index contributed by atoms with van der Waals surface area (Å²) in [5.41, 5.74) is 2.46. The van der Waals surface area contributed by atoms with Crippen LogP contribution < -0.4 is 10.6 Å². The zero-order valence-corrected chi connectivity index (χ0v) is 14.2. The molecule has 1 aliphatic heterocycles. The number of hydrogen-bond acceptors (Lipinski definition) is 3. The fraction of sp³-hybridized carbons (Fsp3) is 0.529. The average Bonchev–Trinajstić information content (AvgIpc) is 2.51. The molecule has 25 heavy (non-hydrogen) atoms. The number of carbonyl (C=O) groups is 2. The number of benzene rings is 1. The molecule has 1 atom stereocenters. The number of imide groups is 1. The summed E-state index contributed by atoms with van der Waals surface area (Å²) >= 11 is 0. The highest BCUT2D eigenvalue weighted by molar-refractivity contribution is 6.02. The van der Waals surface area contributed by atoms with Crippen LogP contribution in [0.1, 0.15) is 24.0 Å². The third kappa shape index (κ3) is 5.45. The molecule has 138 valence electrons. The smallest absolute Gasteiger partial charge is 0.307 e. The van der Waals surface area contributed by atoms with E-state index in [9.17, 15) is 22.8 Å². The third-order valence-electron chi connectivity index (χ3n) is 4.44. The van der Waals surface area contributed by atoms with Gasteiger partial charge in [0.05, 0.1) is 12.5 Å². The van der Waals surface area contributed by atoms with Crippen LogP contribution in [0.5, 0.6) is 0 Å². The summed E-state index contributed by atoms with van der Waals surface area (Å²) in [6.45, 7) is 3.72. The molecular weight excluding hydrogens is 335 g/mol. The van der Waals surface area contributed by atoms with Crippen molar-refractivity contribution in [3.8, 4) is 0 Å². The topological polar surface area (TPSA) is 61.4 Å². The van der Waals surface area contributed by atoms with Crippen molar-refractivity contribution in [3.63, 3.8) is 0 Å². The molecule has 0 aromatic heterocycles. The van der Waals surface area contributed by atoms with E-state index in [4.69, 9.17) is 0 Å². The van der Waals surface area contributed by atoms with Crippen molar-refractivity contribution >= 4 is 17.6 Å². The van der Waals surface area contributed by atoms with E-state index < -0.39 is 24.0 Å². The van der Waals surface area contributed by atoms with Crippen LogP contribution in [0.4, 0.5) is 23.7 Å². The van der Waals surface area contributed by atoms with Crippen molar-refractivity contribution in [2.24, 2.45) is 5.92 Å². The number of halogens is 3. The molecule has 0 bridgehead atoms.